The molecule has 19 heavy (non-hydrogen) atoms. The summed E-state index contributed by atoms with van der Waals surface area (Å²) in [4.78, 5) is 11.4. The highest BCUT2D eigenvalue weighted by molar-refractivity contribution is 5.83. The lowest BCUT2D eigenvalue weighted by atomic mass is 9.96. The second-order valence-electron chi connectivity index (χ2n) is 4.78. The predicted octanol–water partition coefficient (Wildman–Crippen LogP) is 3.07. The van der Waals surface area contributed by atoms with Crippen molar-refractivity contribution < 1.29 is 14.6 Å². The molecular weight excluding hydrogens is 240 g/mol. The highest BCUT2D eigenvalue weighted by Gasteiger charge is 2.19. The highest BCUT2D eigenvalue weighted by atomic mass is 16.5. The van der Waals surface area contributed by atoms with Crippen molar-refractivity contribution in [1.82, 2.24) is 0 Å². The molecule has 0 aliphatic heterocycles. The van der Waals surface area contributed by atoms with E-state index >= 15 is 0 Å². The second-order valence-corrected chi connectivity index (χ2v) is 4.78. The third-order valence-corrected chi connectivity index (χ3v) is 3.34. The van der Waals surface area contributed by atoms with Gasteiger partial charge in [0.05, 0.1) is 19.1 Å². The van der Waals surface area contributed by atoms with Gasteiger partial charge >= 0.3 is 5.97 Å². The minimum Gasteiger partial charge on any atom is -0.469 e. The van der Waals surface area contributed by atoms with Gasteiger partial charge in [-0.3, -0.25) is 4.79 Å². The van der Waals surface area contributed by atoms with Gasteiger partial charge in [0, 0.05) is 0 Å². The van der Waals surface area contributed by atoms with Crippen LogP contribution in [-0.2, 0) is 9.53 Å². The zero-order valence-electron chi connectivity index (χ0n) is 11.2. The Labute approximate surface area is 112 Å². The van der Waals surface area contributed by atoms with E-state index < -0.39 is 6.10 Å². The van der Waals surface area contributed by atoms with Gasteiger partial charge in [0.2, 0.25) is 0 Å². The third kappa shape index (κ3) is 3.12. The number of rotatable bonds is 4. The van der Waals surface area contributed by atoms with E-state index in [1.54, 1.807) is 6.92 Å². The molecule has 0 aromatic heterocycles. The third-order valence-electron chi connectivity index (χ3n) is 3.34. The molecule has 0 saturated carbocycles. The van der Waals surface area contributed by atoms with Gasteiger partial charge in [0.15, 0.2) is 0 Å². The Hall–Kier alpha value is -1.87. The molecule has 100 valence electrons. The first-order chi connectivity index (χ1) is 9.11. The number of methoxy groups -OCH3 is 1. The summed E-state index contributed by atoms with van der Waals surface area (Å²) in [5.74, 6) is -0.605. The summed E-state index contributed by atoms with van der Waals surface area (Å²) in [5, 5.41) is 12.4. The summed E-state index contributed by atoms with van der Waals surface area (Å²) in [6.45, 7) is 1.76. The first-order valence-corrected chi connectivity index (χ1v) is 6.36. The highest BCUT2D eigenvalue weighted by Crippen LogP contribution is 2.25. The maximum atomic E-state index is 11.4. The average molecular weight is 258 g/mol. The van der Waals surface area contributed by atoms with Crippen LogP contribution in [0, 0.1) is 5.92 Å². The number of hydrogen-bond acceptors (Lipinski definition) is 3. The minimum absolute atomic E-state index is 0.292. The molecule has 2 unspecified atom stereocenters. The number of hydrogen-bond donors (Lipinski definition) is 1. The molecule has 0 heterocycles. The topological polar surface area (TPSA) is 46.5 Å². The fourth-order valence-electron chi connectivity index (χ4n) is 2.18. The first kappa shape index (κ1) is 13.6. The van der Waals surface area contributed by atoms with E-state index in [2.05, 4.69) is 4.74 Å². The minimum atomic E-state index is -0.654. The molecule has 0 saturated heterocycles. The van der Waals surface area contributed by atoms with E-state index in [1.165, 1.54) is 7.11 Å². The summed E-state index contributed by atoms with van der Waals surface area (Å²) in [6.07, 6.45) is -0.288. The van der Waals surface area contributed by atoms with Crippen LogP contribution in [0.25, 0.3) is 10.8 Å². The molecule has 0 fully saturated rings. The Bertz CT molecular complexity index is 577. The molecule has 2 atom stereocenters. The molecule has 2 rings (SSSR count). The van der Waals surface area contributed by atoms with Crippen LogP contribution in [0.5, 0.6) is 0 Å². The fourth-order valence-corrected chi connectivity index (χ4v) is 2.18. The van der Waals surface area contributed by atoms with Crippen molar-refractivity contribution in [3.8, 4) is 0 Å². The van der Waals surface area contributed by atoms with Crippen LogP contribution in [-0.4, -0.2) is 18.2 Å². The molecular formula is C16H18O3. The lowest BCUT2D eigenvalue weighted by Crippen LogP contribution is -2.15. The Morgan fingerprint density at radius 1 is 1.21 bits per heavy atom. The van der Waals surface area contributed by atoms with Crippen molar-refractivity contribution in [1.29, 1.82) is 0 Å². The molecule has 0 radical (unpaired) electrons. The van der Waals surface area contributed by atoms with Crippen LogP contribution in [0.2, 0.25) is 0 Å². The first-order valence-electron chi connectivity index (χ1n) is 6.36. The summed E-state index contributed by atoms with van der Waals surface area (Å²) in [7, 11) is 1.36. The Morgan fingerprint density at radius 2 is 1.89 bits per heavy atom. The van der Waals surface area contributed by atoms with Crippen molar-refractivity contribution in [2.75, 3.05) is 7.11 Å². The number of ether oxygens (including phenoxy) is 1. The van der Waals surface area contributed by atoms with Gasteiger partial charge in [-0.15, -0.1) is 0 Å². The lowest BCUT2D eigenvalue weighted by molar-refractivity contribution is -0.145. The fraction of sp³-hybridized carbons (Fsp3) is 0.312. The standard InChI is InChI=1S/C16H18O3/c1-11(16(18)19-2)9-15(17)14-8-7-12-5-3-4-6-13(12)10-14/h3-8,10-11,15,17H,9H2,1-2H3. The van der Waals surface area contributed by atoms with Crippen molar-refractivity contribution in [3.05, 3.63) is 48.0 Å². The molecule has 0 spiro atoms. The average Bonchev–Trinajstić information content (AvgIpc) is 2.45. The molecule has 0 aliphatic rings. The van der Waals surface area contributed by atoms with Gasteiger partial charge in [0.1, 0.15) is 0 Å². The van der Waals surface area contributed by atoms with Crippen molar-refractivity contribution in [3.63, 3.8) is 0 Å². The molecule has 2 aromatic carbocycles. The van der Waals surface area contributed by atoms with Gasteiger partial charge in [-0.2, -0.15) is 0 Å². The van der Waals surface area contributed by atoms with Crippen LogP contribution in [0.1, 0.15) is 25.0 Å². The van der Waals surface area contributed by atoms with Crippen molar-refractivity contribution in [2.24, 2.45) is 5.92 Å². The molecule has 0 aliphatic carbocycles. The number of esters is 1. The van der Waals surface area contributed by atoms with Gasteiger partial charge in [-0.1, -0.05) is 43.3 Å². The molecule has 2 aromatic rings. The summed E-state index contributed by atoms with van der Waals surface area (Å²) < 4.78 is 4.67. The number of carbonyl (C=O) groups is 1. The summed E-state index contributed by atoms with van der Waals surface area (Å²) >= 11 is 0. The van der Waals surface area contributed by atoms with Crippen LogP contribution < -0.4 is 0 Å². The normalized spacial score (nSPS) is 14.1. The van der Waals surface area contributed by atoms with Gasteiger partial charge in [-0.05, 0) is 28.8 Å². The number of carbonyl (C=O) groups excluding carboxylic acids is 1. The number of aliphatic hydroxyl groups excluding tert-OH is 1. The number of aliphatic hydroxyl groups is 1. The molecule has 3 nitrogen and oxygen atoms in total. The van der Waals surface area contributed by atoms with E-state index in [0.717, 1.165) is 16.3 Å². The number of benzene rings is 2. The smallest absolute Gasteiger partial charge is 0.308 e. The quantitative estimate of drug-likeness (QED) is 0.857. The van der Waals surface area contributed by atoms with E-state index in [9.17, 15) is 9.90 Å². The van der Waals surface area contributed by atoms with E-state index in [1.807, 2.05) is 42.5 Å². The largest absolute Gasteiger partial charge is 0.469 e. The number of fused-ring (bicyclic) bond motifs is 1. The van der Waals surface area contributed by atoms with Crippen LogP contribution >= 0.6 is 0 Å². The molecule has 0 amide bonds. The van der Waals surface area contributed by atoms with E-state index in [0.29, 0.717) is 6.42 Å². The zero-order valence-corrected chi connectivity index (χ0v) is 11.2. The Balaban J connectivity index is 2.17. The maximum absolute atomic E-state index is 11.4. The predicted molar refractivity (Wildman–Crippen MR) is 74.7 cm³/mol. The second kappa shape index (κ2) is 5.85. The molecule has 3 heteroatoms. The summed E-state index contributed by atoms with van der Waals surface area (Å²) in [5.41, 5.74) is 0.828. The van der Waals surface area contributed by atoms with E-state index in [4.69, 9.17) is 0 Å². The van der Waals surface area contributed by atoms with Crippen LogP contribution in [0.3, 0.4) is 0 Å². The van der Waals surface area contributed by atoms with Gasteiger partial charge in [0.25, 0.3) is 0 Å². The van der Waals surface area contributed by atoms with Gasteiger partial charge < -0.3 is 9.84 Å². The maximum Gasteiger partial charge on any atom is 0.308 e. The van der Waals surface area contributed by atoms with Crippen molar-refractivity contribution in [2.45, 2.75) is 19.4 Å². The van der Waals surface area contributed by atoms with Gasteiger partial charge in [-0.25, -0.2) is 0 Å². The van der Waals surface area contributed by atoms with Crippen LogP contribution in [0.15, 0.2) is 42.5 Å². The molecule has 1 N–H and O–H groups in total. The zero-order chi connectivity index (χ0) is 13.8. The van der Waals surface area contributed by atoms with Crippen LogP contribution in [0.4, 0.5) is 0 Å². The lowest BCUT2D eigenvalue weighted by Gasteiger charge is -2.15. The van der Waals surface area contributed by atoms with E-state index in [-0.39, 0.29) is 11.9 Å². The molecule has 0 bridgehead atoms. The van der Waals surface area contributed by atoms with Crippen molar-refractivity contribution >= 4 is 16.7 Å². The Kier molecular flexibility index (Phi) is 4.17. The Morgan fingerprint density at radius 3 is 2.58 bits per heavy atom. The summed E-state index contributed by atoms with van der Waals surface area (Å²) in [6, 6.07) is 13.8. The SMILES string of the molecule is COC(=O)C(C)CC(O)c1ccc2ccccc2c1. The monoisotopic (exact) mass is 258 g/mol.